The van der Waals surface area contributed by atoms with Crippen molar-refractivity contribution in [1.82, 2.24) is 4.90 Å². The summed E-state index contributed by atoms with van der Waals surface area (Å²) in [5.41, 5.74) is -0.824. The van der Waals surface area contributed by atoms with Gasteiger partial charge in [-0.3, -0.25) is 4.79 Å². The lowest BCUT2D eigenvalue weighted by molar-refractivity contribution is -0.146. The maximum absolute atomic E-state index is 12.6. The molecule has 18 heavy (non-hydrogen) atoms. The molecule has 2 atom stereocenters. The molecule has 0 aromatic carbocycles. The highest BCUT2D eigenvalue weighted by molar-refractivity contribution is 5.85. The molecule has 1 amide bonds. The van der Waals surface area contributed by atoms with Gasteiger partial charge < -0.3 is 9.64 Å². The summed E-state index contributed by atoms with van der Waals surface area (Å²) in [6.45, 7) is 7.01. The number of nitriles is 1. The molecule has 2 aliphatic heterocycles. The van der Waals surface area contributed by atoms with Crippen LogP contribution in [0.4, 0.5) is 0 Å². The quantitative estimate of drug-likeness (QED) is 0.713. The van der Waals surface area contributed by atoms with Crippen molar-refractivity contribution in [3.63, 3.8) is 0 Å². The number of piperidine rings is 1. The van der Waals surface area contributed by atoms with Crippen LogP contribution in [0.3, 0.4) is 0 Å². The van der Waals surface area contributed by atoms with Gasteiger partial charge in [0.1, 0.15) is 5.41 Å². The first-order valence-electron chi connectivity index (χ1n) is 6.86. The van der Waals surface area contributed by atoms with E-state index in [2.05, 4.69) is 19.9 Å². The molecular formula is C14H22N2O2. The third-order valence-corrected chi connectivity index (χ3v) is 4.13. The first-order chi connectivity index (χ1) is 8.57. The first-order valence-corrected chi connectivity index (χ1v) is 6.86. The molecule has 2 heterocycles. The second-order valence-electron chi connectivity index (χ2n) is 5.96. The molecule has 2 fully saturated rings. The van der Waals surface area contributed by atoms with Crippen LogP contribution in [0.2, 0.25) is 0 Å². The number of amides is 1. The third kappa shape index (κ3) is 2.51. The lowest BCUT2D eigenvalue weighted by atomic mass is 9.79. The summed E-state index contributed by atoms with van der Waals surface area (Å²) >= 11 is 0. The van der Waals surface area contributed by atoms with E-state index in [9.17, 15) is 10.1 Å². The topological polar surface area (TPSA) is 53.3 Å². The Morgan fingerprint density at radius 1 is 1.28 bits per heavy atom. The van der Waals surface area contributed by atoms with Crippen molar-refractivity contribution in [1.29, 1.82) is 5.26 Å². The van der Waals surface area contributed by atoms with Gasteiger partial charge in [0.25, 0.3) is 0 Å². The Morgan fingerprint density at radius 2 is 1.83 bits per heavy atom. The molecule has 0 aromatic heterocycles. The predicted molar refractivity (Wildman–Crippen MR) is 67.6 cm³/mol. The zero-order chi connectivity index (χ0) is 13.2. The van der Waals surface area contributed by atoms with E-state index in [1.54, 1.807) is 0 Å². The fraction of sp³-hybridized carbons (Fsp3) is 0.857. The SMILES string of the molecule is CC1CC(C)CN(C(=O)C2(C#N)CCOCC2)C1. The minimum Gasteiger partial charge on any atom is -0.381 e. The van der Waals surface area contributed by atoms with Crippen LogP contribution in [-0.4, -0.2) is 37.1 Å². The summed E-state index contributed by atoms with van der Waals surface area (Å²) in [5.74, 6) is 1.10. The molecule has 100 valence electrons. The maximum Gasteiger partial charge on any atom is 0.243 e. The van der Waals surface area contributed by atoms with Crippen molar-refractivity contribution in [3.05, 3.63) is 0 Å². The normalized spacial score (nSPS) is 31.7. The number of hydrogen-bond donors (Lipinski definition) is 0. The monoisotopic (exact) mass is 250 g/mol. The molecule has 4 heteroatoms. The molecule has 0 N–H and O–H groups in total. The average Bonchev–Trinajstić information content (AvgIpc) is 2.37. The Kier molecular flexibility index (Phi) is 3.91. The number of nitrogens with zero attached hydrogens (tertiary/aromatic N) is 2. The Bertz CT molecular complexity index is 345. The highest BCUT2D eigenvalue weighted by atomic mass is 16.5. The molecule has 2 saturated heterocycles. The Labute approximate surface area is 109 Å². The minimum atomic E-state index is -0.824. The van der Waals surface area contributed by atoms with Crippen LogP contribution in [-0.2, 0) is 9.53 Å². The van der Waals surface area contributed by atoms with E-state index in [1.807, 2.05) is 4.90 Å². The zero-order valence-electron chi connectivity index (χ0n) is 11.3. The van der Waals surface area contributed by atoms with Gasteiger partial charge in [-0.1, -0.05) is 13.8 Å². The molecule has 0 aromatic rings. The largest absolute Gasteiger partial charge is 0.381 e. The van der Waals surface area contributed by atoms with E-state index < -0.39 is 5.41 Å². The van der Waals surface area contributed by atoms with Gasteiger partial charge in [-0.15, -0.1) is 0 Å². The number of likely N-dealkylation sites (tertiary alicyclic amines) is 1. The molecule has 0 radical (unpaired) electrons. The summed E-state index contributed by atoms with van der Waals surface area (Å²) in [6, 6.07) is 2.27. The molecular weight excluding hydrogens is 228 g/mol. The van der Waals surface area contributed by atoms with Crippen molar-refractivity contribution < 1.29 is 9.53 Å². The van der Waals surface area contributed by atoms with Gasteiger partial charge in [-0.2, -0.15) is 5.26 Å². The van der Waals surface area contributed by atoms with Crippen molar-refractivity contribution >= 4 is 5.91 Å². The van der Waals surface area contributed by atoms with Crippen LogP contribution in [0.5, 0.6) is 0 Å². The molecule has 2 aliphatic rings. The van der Waals surface area contributed by atoms with Crippen LogP contribution in [0.25, 0.3) is 0 Å². The van der Waals surface area contributed by atoms with Gasteiger partial charge in [-0.25, -0.2) is 0 Å². The van der Waals surface area contributed by atoms with Gasteiger partial charge >= 0.3 is 0 Å². The summed E-state index contributed by atoms with van der Waals surface area (Å²) in [6.07, 6.45) is 2.26. The van der Waals surface area contributed by atoms with Gasteiger partial charge in [-0.05, 0) is 31.1 Å². The lowest BCUT2D eigenvalue weighted by Gasteiger charge is -2.40. The summed E-state index contributed by atoms with van der Waals surface area (Å²) in [4.78, 5) is 14.6. The zero-order valence-corrected chi connectivity index (χ0v) is 11.3. The van der Waals surface area contributed by atoms with Crippen molar-refractivity contribution in [3.8, 4) is 6.07 Å². The van der Waals surface area contributed by atoms with Crippen LogP contribution in [0.1, 0.15) is 33.1 Å². The van der Waals surface area contributed by atoms with E-state index >= 15 is 0 Å². The molecule has 4 nitrogen and oxygen atoms in total. The first kappa shape index (κ1) is 13.4. The number of hydrogen-bond acceptors (Lipinski definition) is 3. The number of carbonyl (C=O) groups excluding carboxylic acids is 1. The molecule has 2 rings (SSSR count). The minimum absolute atomic E-state index is 0.0340. The summed E-state index contributed by atoms with van der Waals surface area (Å²) in [7, 11) is 0. The van der Waals surface area contributed by atoms with Gasteiger partial charge in [0.2, 0.25) is 5.91 Å². The fourth-order valence-electron chi connectivity index (χ4n) is 3.22. The highest BCUT2D eigenvalue weighted by Gasteiger charge is 2.44. The third-order valence-electron chi connectivity index (χ3n) is 4.13. The number of ether oxygens (including phenoxy) is 1. The van der Waals surface area contributed by atoms with E-state index in [0.717, 1.165) is 13.1 Å². The molecule has 0 aliphatic carbocycles. The van der Waals surface area contributed by atoms with Crippen LogP contribution in [0.15, 0.2) is 0 Å². The molecule has 0 bridgehead atoms. The van der Waals surface area contributed by atoms with E-state index in [-0.39, 0.29) is 5.91 Å². The van der Waals surface area contributed by atoms with Gasteiger partial charge in [0.05, 0.1) is 6.07 Å². The second kappa shape index (κ2) is 5.27. The standard InChI is InChI=1S/C14H22N2O2/c1-11-7-12(2)9-16(8-11)13(17)14(10-15)3-5-18-6-4-14/h11-12H,3-9H2,1-2H3. The predicted octanol–water partition coefficient (Wildman–Crippen LogP) is 1.81. The summed E-state index contributed by atoms with van der Waals surface area (Å²) in [5, 5.41) is 9.42. The van der Waals surface area contributed by atoms with Crippen LogP contribution < -0.4 is 0 Å². The maximum atomic E-state index is 12.6. The number of carbonyl (C=O) groups is 1. The van der Waals surface area contributed by atoms with Crippen LogP contribution >= 0.6 is 0 Å². The average molecular weight is 250 g/mol. The van der Waals surface area contributed by atoms with E-state index in [4.69, 9.17) is 4.74 Å². The van der Waals surface area contributed by atoms with Gasteiger partial charge in [0, 0.05) is 26.3 Å². The van der Waals surface area contributed by atoms with E-state index in [1.165, 1.54) is 6.42 Å². The highest BCUT2D eigenvalue weighted by Crippen LogP contribution is 2.34. The Morgan fingerprint density at radius 3 is 2.33 bits per heavy atom. The van der Waals surface area contributed by atoms with Crippen molar-refractivity contribution in [2.45, 2.75) is 33.1 Å². The Hall–Kier alpha value is -1.08. The Balaban J connectivity index is 2.11. The second-order valence-corrected chi connectivity index (χ2v) is 5.96. The van der Waals surface area contributed by atoms with E-state index in [0.29, 0.717) is 37.9 Å². The van der Waals surface area contributed by atoms with Gasteiger partial charge in [0.15, 0.2) is 0 Å². The molecule has 2 unspecified atom stereocenters. The summed E-state index contributed by atoms with van der Waals surface area (Å²) < 4.78 is 5.28. The van der Waals surface area contributed by atoms with Crippen molar-refractivity contribution in [2.24, 2.45) is 17.3 Å². The fourth-order valence-corrected chi connectivity index (χ4v) is 3.22. The molecule has 0 saturated carbocycles. The smallest absolute Gasteiger partial charge is 0.243 e. The van der Waals surface area contributed by atoms with Crippen molar-refractivity contribution in [2.75, 3.05) is 26.3 Å². The van der Waals surface area contributed by atoms with Crippen LogP contribution in [0, 0.1) is 28.6 Å². The molecule has 0 spiro atoms. The lowest BCUT2D eigenvalue weighted by Crippen LogP contribution is -2.51. The number of rotatable bonds is 1.